The van der Waals surface area contributed by atoms with Crippen molar-refractivity contribution in [2.45, 2.75) is 65.5 Å². The fourth-order valence-electron chi connectivity index (χ4n) is 3.05. The largest absolute Gasteiger partial charge is 0.490 e. The normalized spacial score (nSPS) is 19.5. The highest BCUT2D eigenvalue weighted by atomic mass is 16.5. The number of rotatable bonds is 6. The first-order valence-corrected chi connectivity index (χ1v) is 7.98. The summed E-state index contributed by atoms with van der Waals surface area (Å²) in [6.45, 7) is 10.2. The molecule has 1 aromatic carbocycles. The van der Waals surface area contributed by atoms with E-state index in [2.05, 4.69) is 57.3 Å². The van der Waals surface area contributed by atoms with E-state index >= 15 is 0 Å². The van der Waals surface area contributed by atoms with Crippen molar-refractivity contribution in [1.82, 2.24) is 5.32 Å². The third-order valence-electron chi connectivity index (χ3n) is 4.23. The van der Waals surface area contributed by atoms with Crippen LogP contribution >= 0.6 is 0 Å². The number of nitrogens with one attached hydrogen (secondary N) is 1. The lowest BCUT2D eigenvalue weighted by Gasteiger charge is -2.31. The molecule has 0 fully saturated rings. The molecule has 0 bridgehead atoms. The van der Waals surface area contributed by atoms with Crippen molar-refractivity contribution >= 4 is 0 Å². The Morgan fingerprint density at radius 3 is 2.70 bits per heavy atom. The molecule has 0 aromatic heterocycles. The molecule has 1 aromatic rings. The van der Waals surface area contributed by atoms with E-state index in [4.69, 9.17) is 4.74 Å². The monoisotopic (exact) mass is 275 g/mol. The zero-order chi connectivity index (χ0) is 14.6. The fourth-order valence-corrected chi connectivity index (χ4v) is 3.05. The van der Waals surface area contributed by atoms with Crippen LogP contribution in [0.1, 0.15) is 52.5 Å². The minimum Gasteiger partial charge on any atom is -0.490 e. The third-order valence-corrected chi connectivity index (χ3v) is 4.23. The van der Waals surface area contributed by atoms with Gasteiger partial charge in [0.05, 0.1) is 0 Å². The summed E-state index contributed by atoms with van der Waals surface area (Å²) >= 11 is 0. The van der Waals surface area contributed by atoms with Gasteiger partial charge in [-0.15, -0.1) is 0 Å². The van der Waals surface area contributed by atoms with E-state index in [0.29, 0.717) is 17.6 Å². The third kappa shape index (κ3) is 3.99. The first kappa shape index (κ1) is 15.4. The molecule has 2 atom stereocenters. The van der Waals surface area contributed by atoms with Gasteiger partial charge in [0.2, 0.25) is 0 Å². The Morgan fingerprint density at radius 1 is 1.30 bits per heavy atom. The highest BCUT2D eigenvalue weighted by Gasteiger charge is 2.25. The lowest BCUT2D eigenvalue weighted by Crippen LogP contribution is -2.40. The molecule has 0 saturated heterocycles. The van der Waals surface area contributed by atoms with Gasteiger partial charge >= 0.3 is 0 Å². The van der Waals surface area contributed by atoms with Crippen molar-refractivity contribution in [2.75, 3.05) is 6.54 Å². The van der Waals surface area contributed by atoms with Gasteiger partial charge < -0.3 is 10.1 Å². The van der Waals surface area contributed by atoms with Crippen LogP contribution in [0.2, 0.25) is 0 Å². The van der Waals surface area contributed by atoms with Crippen molar-refractivity contribution in [2.24, 2.45) is 5.41 Å². The van der Waals surface area contributed by atoms with Gasteiger partial charge in [-0.25, -0.2) is 0 Å². The van der Waals surface area contributed by atoms with Crippen LogP contribution in [0.15, 0.2) is 24.3 Å². The summed E-state index contributed by atoms with van der Waals surface area (Å²) in [6, 6.07) is 9.03. The van der Waals surface area contributed by atoms with Crippen LogP contribution in [0.4, 0.5) is 0 Å². The minimum atomic E-state index is 0.329. The molecule has 1 aliphatic rings. The Labute approximate surface area is 123 Å². The molecule has 2 nitrogen and oxygen atoms in total. The SMILES string of the molecule is CCNC(CCCC1Cc2ccccc2O1)C(C)(C)C. The van der Waals surface area contributed by atoms with Gasteiger partial charge in [0, 0.05) is 12.5 Å². The first-order chi connectivity index (χ1) is 9.50. The van der Waals surface area contributed by atoms with Gasteiger partial charge in [0.1, 0.15) is 11.9 Å². The molecule has 0 aliphatic carbocycles. The van der Waals surface area contributed by atoms with Crippen LogP contribution < -0.4 is 10.1 Å². The van der Waals surface area contributed by atoms with Crippen molar-refractivity contribution in [3.8, 4) is 5.75 Å². The van der Waals surface area contributed by atoms with Crippen LogP contribution in [0, 0.1) is 5.41 Å². The molecule has 2 unspecified atom stereocenters. The molecule has 2 heteroatoms. The fraction of sp³-hybridized carbons (Fsp3) is 0.667. The van der Waals surface area contributed by atoms with Crippen molar-refractivity contribution in [1.29, 1.82) is 0 Å². The van der Waals surface area contributed by atoms with Gasteiger partial charge in [0.25, 0.3) is 0 Å². The number of benzene rings is 1. The predicted octanol–water partition coefficient (Wildman–Crippen LogP) is 4.18. The maximum Gasteiger partial charge on any atom is 0.123 e. The number of fused-ring (bicyclic) bond motifs is 1. The van der Waals surface area contributed by atoms with Crippen molar-refractivity contribution in [3.05, 3.63) is 29.8 Å². The Balaban J connectivity index is 1.77. The van der Waals surface area contributed by atoms with Crippen molar-refractivity contribution < 1.29 is 4.74 Å². The van der Waals surface area contributed by atoms with Crippen LogP contribution in [0.5, 0.6) is 5.75 Å². The van der Waals surface area contributed by atoms with E-state index in [1.165, 1.54) is 18.4 Å². The molecule has 0 spiro atoms. The number of hydrogen-bond acceptors (Lipinski definition) is 2. The molecule has 0 saturated carbocycles. The molecule has 1 aliphatic heterocycles. The van der Waals surface area contributed by atoms with E-state index in [-0.39, 0.29) is 0 Å². The Bertz CT molecular complexity index is 397. The molecular formula is C18H29NO. The summed E-state index contributed by atoms with van der Waals surface area (Å²) < 4.78 is 6.01. The van der Waals surface area contributed by atoms with Gasteiger partial charge in [0.15, 0.2) is 0 Å². The topological polar surface area (TPSA) is 21.3 Å². The molecule has 2 rings (SSSR count). The minimum absolute atomic E-state index is 0.329. The number of ether oxygens (including phenoxy) is 1. The van der Waals surface area contributed by atoms with E-state index in [1.54, 1.807) is 0 Å². The van der Waals surface area contributed by atoms with Crippen molar-refractivity contribution in [3.63, 3.8) is 0 Å². The average Bonchev–Trinajstić information content (AvgIpc) is 2.79. The second kappa shape index (κ2) is 6.62. The maximum atomic E-state index is 6.01. The quantitative estimate of drug-likeness (QED) is 0.840. The van der Waals surface area contributed by atoms with Gasteiger partial charge in [-0.2, -0.15) is 0 Å². The summed E-state index contributed by atoms with van der Waals surface area (Å²) in [5, 5.41) is 3.62. The molecular weight excluding hydrogens is 246 g/mol. The molecule has 0 amide bonds. The summed E-state index contributed by atoms with van der Waals surface area (Å²) in [5.74, 6) is 1.09. The summed E-state index contributed by atoms with van der Waals surface area (Å²) in [4.78, 5) is 0. The van der Waals surface area contributed by atoms with E-state index in [0.717, 1.165) is 25.1 Å². The molecule has 0 radical (unpaired) electrons. The Hall–Kier alpha value is -1.02. The lowest BCUT2D eigenvalue weighted by atomic mass is 9.83. The number of para-hydroxylation sites is 1. The maximum absolute atomic E-state index is 6.01. The van der Waals surface area contributed by atoms with Crippen LogP contribution in [-0.4, -0.2) is 18.7 Å². The second-order valence-corrected chi connectivity index (χ2v) is 6.96. The predicted molar refractivity (Wildman–Crippen MR) is 85.3 cm³/mol. The second-order valence-electron chi connectivity index (χ2n) is 6.96. The molecule has 1 N–H and O–H groups in total. The summed E-state index contributed by atoms with van der Waals surface area (Å²) in [6.07, 6.45) is 5.08. The lowest BCUT2D eigenvalue weighted by molar-refractivity contribution is 0.201. The molecule has 20 heavy (non-hydrogen) atoms. The van der Waals surface area contributed by atoms with Crippen LogP contribution in [0.3, 0.4) is 0 Å². The van der Waals surface area contributed by atoms with Crippen LogP contribution in [0.25, 0.3) is 0 Å². The Kier molecular flexibility index (Phi) is 5.09. The Morgan fingerprint density at radius 2 is 2.05 bits per heavy atom. The van der Waals surface area contributed by atoms with Gasteiger partial charge in [-0.1, -0.05) is 45.9 Å². The summed E-state index contributed by atoms with van der Waals surface area (Å²) in [7, 11) is 0. The average molecular weight is 275 g/mol. The standard InChI is InChI=1S/C18H29NO/c1-5-19-17(18(2,3)4)12-8-10-15-13-14-9-6-7-11-16(14)20-15/h6-7,9,11,15,17,19H,5,8,10,12-13H2,1-4H3. The smallest absolute Gasteiger partial charge is 0.123 e. The number of hydrogen-bond donors (Lipinski definition) is 1. The van der Waals surface area contributed by atoms with E-state index in [1.807, 2.05) is 0 Å². The van der Waals surface area contributed by atoms with Crippen LogP contribution in [-0.2, 0) is 6.42 Å². The first-order valence-electron chi connectivity index (χ1n) is 7.98. The molecule has 112 valence electrons. The summed E-state index contributed by atoms with van der Waals surface area (Å²) in [5.41, 5.74) is 1.70. The highest BCUT2D eigenvalue weighted by molar-refractivity contribution is 5.37. The zero-order valence-corrected chi connectivity index (χ0v) is 13.4. The highest BCUT2D eigenvalue weighted by Crippen LogP contribution is 2.31. The van der Waals surface area contributed by atoms with E-state index in [9.17, 15) is 0 Å². The van der Waals surface area contributed by atoms with Gasteiger partial charge in [-0.05, 0) is 42.9 Å². The zero-order valence-electron chi connectivity index (χ0n) is 13.4. The van der Waals surface area contributed by atoms with E-state index < -0.39 is 0 Å². The van der Waals surface area contributed by atoms with Gasteiger partial charge in [-0.3, -0.25) is 0 Å². The molecule has 1 heterocycles.